The van der Waals surface area contributed by atoms with Crippen LogP contribution in [0.15, 0.2) is 29.2 Å². The molecule has 108 valence electrons. The SMILES string of the molecule is COc1ccc(S(=O)(=O)NC(CO)CC(C)C)cc1. The van der Waals surface area contributed by atoms with E-state index in [4.69, 9.17) is 4.74 Å². The lowest BCUT2D eigenvalue weighted by molar-refractivity contribution is 0.240. The lowest BCUT2D eigenvalue weighted by Gasteiger charge is -2.18. The van der Waals surface area contributed by atoms with Gasteiger partial charge < -0.3 is 9.84 Å². The lowest BCUT2D eigenvalue weighted by atomic mass is 10.1. The van der Waals surface area contributed by atoms with Gasteiger partial charge in [-0.2, -0.15) is 0 Å². The Morgan fingerprint density at radius 1 is 1.26 bits per heavy atom. The van der Waals surface area contributed by atoms with Crippen molar-refractivity contribution in [2.45, 2.75) is 31.2 Å². The van der Waals surface area contributed by atoms with Gasteiger partial charge in [-0.05, 0) is 36.6 Å². The predicted octanol–water partition coefficient (Wildman–Crippen LogP) is 1.38. The van der Waals surface area contributed by atoms with E-state index in [0.717, 1.165) is 0 Å². The molecule has 2 N–H and O–H groups in total. The normalized spacial score (nSPS) is 13.5. The lowest BCUT2D eigenvalue weighted by Crippen LogP contribution is -2.38. The standard InChI is InChI=1S/C13H21NO4S/c1-10(2)8-11(9-15)14-19(16,17)13-6-4-12(18-3)5-7-13/h4-7,10-11,14-15H,8-9H2,1-3H3. The molecule has 5 nitrogen and oxygen atoms in total. The highest BCUT2D eigenvalue weighted by Crippen LogP contribution is 2.16. The minimum Gasteiger partial charge on any atom is -0.497 e. The van der Waals surface area contributed by atoms with E-state index in [2.05, 4.69) is 4.72 Å². The monoisotopic (exact) mass is 287 g/mol. The molecule has 0 bridgehead atoms. The molecule has 1 aromatic rings. The summed E-state index contributed by atoms with van der Waals surface area (Å²) < 4.78 is 31.7. The van der Waals surface area contributed by atoms with Gasteiger partial charge in [-0.1, -0.05) is 13.8 Å². The molecule has 0 heterocycles. The number of methoxy groups -OCH3 is 1. The smallest absolute Gasteiger partial charge is 0.240 e. The van der Waals surface area contributed by atoms with Crippen molar-refractivity contribution in [3.63, 3.8) is 0 Å². The summed E-state index contributed by atoms with van der Waals surface area (Å²) in [7, 11) is -2.09. The molecule has 0 radical (unpaired) electrons. The summed E-state index contributed by atoms with van der Waals surface area (Å²) in [6, 6.07) is 5.67. The van der Waals surface area contributed by atoms with Crippen LogP contribution < -0.4 is 9.46 Å². The van der Waals surface area contributed by atoms with E-state index in [9.17, 15) is 13.5 Å². The van der Waals surface area contributed by atoms with Gasteiger partial charge in [0.2, 0.25) is 10.0 Å². The van der Waals surface area contributed by atoms with Crippen molar-refractivity contribution in [1.82, 2.24) is 4.72 Å². The first-order chi connectivity index (χ1) is 8.89. The Morgan fingerprint density at radius 2 is 1.84 bits per heavy atom. The van der Waals surface area contributed by atoms with Gasteiger partial charge in [0.15, 0.2) is 0 Å². The van der Waals surface area contributed by atoms with E-state index in [0.29, 0.717) is 18.1 Å². The number of benzene rings is 1. The topological polar surface area (TPSA) is 75.6 Å². The number of aliphatic hydroxyl groups is 1. The summed E-state index contributed by atoms with van der Waals surface area (Å²) in [5, 5.41) is 9.22. The molecule has 19 heavy (non-hydrogen) atoms. The van der Waals surface area contributed by atoms with Gasteiger partial charge in [0.1, 0.15) is 5.75 Å². The highest BCUT2D eigenvalue weighted by molar-refractivity contribution is 7.89. The van der Waals surface area contributed by atoms with Crippen LogP contribution in [0.4, 0.5) is 0 Å². The van der Waals surface area contributed by atoms with Crippen molar-refractivity contribution in [3.05, 3.63) is 24.3 Å². The van der Waals surface area contributed by atoms with Crippen molar-refractivity contribution < 1.29 is 18.3 Å². The predicted molar refractivity (Wildman–Crippen MR) is 73.6 cm³/mol. The van der Waals surface area contributed by atoms with Crippen LogP contribution in [0.3, 0.4) is 0 Å². The van der Waals surface area contributed by atoms with E-state index in [1.165, 1.54) is 19.2 Å². The molecular formula is C13H21NO4S. The van der Waals surface area contributed by atoms with Crippen LogP contribution in [-0.4, -0.2) is 33.3 Å². The molecule has 1 rings (SSSR count). The Labute approximate surface area is 114 Å². The van der Waals surface area contributed by atoms with E-state index in [1.807, 2.05) is 13.8 Å². The molecule has 0 aliphatic heterocycles. The average molecular weight is 287 g/mol. The highest BCUT2D eigenvalue weighted by atomic mass is 32.2. The maximum Gasteiger partial charge on any atom is 0.240 e. The quantitative estimate of drug-likeness (QED) is 0.794. The summed E-state index contributed by atoms with van der Waals surface area (Å²) in [6.07, 6.45) is 0.589. The second-order valence-corrected chi connectivity index (χ2v) is 6.52. The molecule has 6 heteroatoms. The number of ether oxygens (including phenoxy) is 1. The van der Waals surface area contributed by atoms with Crippen LogP contribution in [0.2, 0.25) is 0 Å². The van der Waals surface area contributed by atoms with E-state index in [-0.39, 0.29) is 11.5 Å². The van der Waals surface area contributed by atoms with Crippen molar-refractivity contribution in [3.8, 4) is 5.75 Å². The van der Waals surface area contributed by atoms with Crippen molar-refractivity contribution in [2.24, 2.45) is 5.92 Å². The fraction of sp³-hybridized carbons (Fsp3) is 0.538. The third kappa shape index (κ3) is 4.81. The Bertz CT molecular complexity index is 482. The fourth-order valence-corrected chi connectivity index (χ4v) is 3.01. The average Bonchev–Trinajstić information content (AvgIpc) is 2.37. The van der Waals surface area contributed by atoms with Crippen LogP contribution in [0.5, 0.6) is 5.75 Å². The molecule has 0 aliphatic rings. The van der Waals surface area contributed by atoms with Crippen LogP contribution in [-0.2, 0) is 10.0 Å². The Balaban J connectivity index is 2.84. The van der Waals surface area contributed by atoms with E-state index >= 15 is 0 Å². The van der Waals surface area contributed by atoms with E-state index < -0.39 is 16.1 Å². The molecule has 0 saturated carbocycles. The number of hydrogen-bond donors (Lipinski definition) is 2. The molecule has 0 spiro atoms. The van der Waals surface area contributed by atoms with Gasteiger partial charge in [-0.15, -0.1) is 0 Å². The maximum absolute atomic E-state index is 12.1. The first-order valence-corrected chi connectivity index (χ1v) is 7.64. The molecule has 0 aliphatic carbocycles. The second kappa shape index (κ2) is 6.88. The maximum atomic E-state index is 12.1. The Morgan fingerprint density at radius 3 is 2.26 bits per heavy atom. The zero-order valence-corrected chi connectivity index (χ0v) is 12.3. The molecular weight excluding hydrogens is 266 g/mol. The van der Waals surface area contributed by atoms with Crippen LogP contribution in [0, 0.1) is 5.92 Å². The first-order valence-electron chi connectivity index (χ1n) is 6.16. The van der Waals surface area contributed by atoms with Gasteiger partial charge in [0, 0.05) is 6.04 Å². The summed E-state index contributed by atoms with van der Waals surface area (Å²) in [5.41, 5.74) is 0. The van der Waals surface area contributed by atoms with Crippen LogP contribution >= 0.6 is 0 Å². The van der Waals surface area contributed by atoms with Crippen molar-refractivity contribution in [1.29, 1.82) is 0 Å². The van der Waals surface area contributed by atoms with E-state index in [1.54, 1.807) is 12.1 Å². The van der Waals surface area contributed by atoms with Gasteiger partial charge in [0.05, 0.1) is 18.6 Å². The molecule has 0 saturated heterocycles. The zero-order chi connectivity index (χ0) is 14.5. The second-order valence-electron chi connectivity index (χ2n) is 4.81. The van der Waals surface area contributed by atoms with Crippen LogP contribution in [0.1, 0.15) is 20.3 Å². The number of aliphatic hydroxyl groups excluding tert-OH is 1. The number of sulfonamides is 1. The highest BCUT2D eigenvalue weighted by Gasteiger charge is 2.20. The van der Waals surface area contributed by atoms with Gasteiger partial charge in [-0.25, -0.2) is 13.1 Å². The summed E-state index contributed by atoms with van der Waals surface area (Å²) >= 11 is 0. The fourth-order valence-electron chi connectivity index (χ4n) is 1.77. The number of hydrogen-bond acceptors (Lipinski definition) is 4. The molecule has 1 aromatic carbocycles. The largest absolute Gasteiger partial charge is 0.497 e. The summed E-state index contributed by atoms with van der Waals surface area (Å²) in [6.45, 7) is 3.74. The third-order valence-corrected chi connectivity index (χ3v) is 4.20. The van der Waals surface area contributed by atoms with Gasteiger partial charge in [0.25, 0.3) is 0 Å². The van der Waals surface area contributed by atoms with Crippen molar-refractivity contribution >= 4 is 10.0 Å². The first kappa shape index (κ1) is 15.9. The Hall–Kier alpha value is -1.11. The third-order valence-electron chi connectivity index (χ3n) is 2.67. The molecule has 1 atom stereocenters. The molecule has 0 aromatic heterocycles. The number of nitrogens with one attached hydrogen (secondary N) is 1. The minimum atomic E-state index is -3.61. The Kier molecular flexibility index (Phi) is 5.78. The molecule has 1 unspecified atom stereocenters. The summed E-state index contributed by atoms with van der Waals surface area (Å²) in [4.78, 5) is 0.163. The van der Waals surface area contributed by atoms with Gasteiger partial charge >= 0.3 is 0 Å². The number of rotatable bonds is 7. The van der Waals surface area contributed by atoms with Crippen molar-refractivity contribution in [2.75, 3.05) is 13.7 Å². The molecule has 0 amide bonds. The molecule has 0 fully saturated rings. The van der Waals surface area contributed by atoms with Gasteiger partial charge in [-0.3, -0.25) is 0 Å². The van der Waals surface area contributed by atoms with Crippen LogP contribution in [0.25, 0.3) is 0 Å². The zero-order valence-electron chi connectivity index (χ0n) is 11.5. The minimum absolute atomic E-state index is 0.163. The summed E-state index contributed by atoms with van der Waals surface area (Å²) in [5.74, 6) is 0.899.